The van der Waals surface area contributed by atoms with Crippen LogP contribution in [0.4, 0.5) is 0 Å². The van der Waals surface area contributed by atoms with Gasteiger partial charge in [0, 0.05) is 13.1 Å². The molecule has 2 atom stereocenters. The quantitative estimate of drug-likeness (QED) is 0.0535. The van der Waals surface area contributed by atoms with Gasteiger partial charge in [0.15, 0.2) is 0 Å². The summed E-state index contributed by atoms with van der Waals surface area (Å²) in [6, 6.07) is 0. The lowest BCUT2D eigenvalue weighted by atomic mass is 10.00. The minimum atomic E-state index is 0.0223. The topological polar surface area (TPSA) is 59.1 Å². The van der Waals surface area contributed by atoms with Crippen molar-refractivity contribution in [3.05, 3.63) is 0 Å². The normalized spacial score (nSPS) is 13.0. The summed E-state index contributed by atoms with van der Waals surface area (Å²) in [5.41, 5.74) is 0. The molecule has 0 fully saturated rings. The average molecular weight is 625 g/mol. The van der Waals surface area contributed by atoms with Gasteiger partial charge in [0.25, 0.3) is 0 Å². The highest BCUT2D eigenvalue weighted by Crippen LogP contribution is 2.16. The van der Waals surface area contributed by atoms with Gasteiger partial charge in [-0.05, 0) is 78.6 Å². The first-order valence-electron chi connectivity index (χ1n) is 19.1. The molecule has 6 nitrogen and oxygen atoms in total. The highest BCUT2D eigenvalue weighted by atomic mass is 16.5. The number of rotatable bonds is 33. The fraction of sp³-hybridized carbons (Fsp3) is 0.947. The van der Waals surface area contributed by atoms with Gasteiger partial charge in [-0.25, -0.2) is 0 Å². The second kappa shape index (κ2) is 31.8. The third-order valence-electron chi connectivity index (χ3n) is 9.05. The predicted octanol–water partition coefficient (Wildman–Crippen LogP) is 9.83. The van der Waals surface area contributed by atoms with Crippen molar-refractivity contribution in [1.29, 1.82) is 0 Å². The first-order chi connectivity index (χ1) is 21.4. The number of hydrogen-bond donors (Lipinski definition) is 0. The molecule has 6 heteroatoms. The van der Waals surface area contributed by atoms with Crippen LogP contribution in [-0.4, -0.2) is 75.2 Å². The van der Waals surface area contributed by atoms with Crippen molar-refractivity contribution in [2.45, 2.75) is 169 Å². The number of unbranched alkanes of at least 4 members (excludes halogenated alkanes) is 14. The molecule has 0 radical (unpaired) electrons. The second-order valence-electron chi connectivity index (χ2n) is 13.4. The lowest BCUT2D eigenvalue weighted by Gasteiger charge is -2.24. The van der Waals surface area contributed by atoms with Crippen LogP contribution >= 0.6 is 0 Å². The van der Waals surface area contributed by atoms with Crippen LogP contribution in [0.5, 0.6) is 0 Å². The van der Waals surface area contributed by atoms with E-state index in [0.717, 1.165) is 70.8 Å². The molecular formula is C38H76N2O4. The Morgan fingerprint density at radius 2 is 0.841 bits per heavy atom. The van der Waals surface area contributed by atoms with Crippen molar-refractivity contribution in [2.75, 3.05) is 53.5 Å². The Bertz CT molecular complexity index is 594. The van der Waals surface area contributed by atoms with E-state index < -0.39 is 0 Å². The lowest BCUT2D eigenvalue weighted by Crippen LogP contribution is -2.33. The fourth-order valence-electron chi connectivity index (χ4n) is 5.78. The molecule has 0 N–H and O–H groups in total. The summed E-state index contributed by atoms with van der Waals surface area (Å²) >= 11 is 0. The van der Waals surface area contributed by atoms with E-state index in [0.29, 0.717) is 13.2 Å². The number of carbonyl (C=O) groups is 2. The van der Waals surface area contributed by atoms with Crippen LogP contribution in [-0.2, 0) is 19.1 Å². The SMILES string of the molecule is CCCCC(CC)C(=O)OCCCCCCCCCN(CCCCCCCCCOC(=O)C(CC)CCCC)CCN(C)C. The highest BCUT2D eigenvalue weighted by molar-refractivity contribution is 5.72. The molecule has 0 rings (SSSR count). The minimum absolute atomic E-state index is 0.0223. The van der Waals surface area contributed by atoms with Crippen LogP contribution < -0.4 is 0 Å². The highest BCUT2D eigenvalue weighted by Gasteiger charge is 2.18. The molecule has 0 aliphatic rings. The van der Waals surface area contributed by atoms with Crippen LogP contribution in [0.1, 0.15) is 169 Å². The zero-order chi connectivity index (χ0) is 32.7. The van der Waals surface area contributed by atoms with Crippen LogP contribution in [0.15, 0.2) is 0 Å². The molecule has 0 aliphatic heterocycles. The molecule has 0 amide bonds. The zero-order valence-electron chi connectivity index (χ0n) is 30.5. The van der Waals surface area contributed by atoms with Gasteiger partial charge in [-0.3, -0.25) is 9.59 Å². The molecule has 0 aromatic rings. The summed E-state index contributed by atoms with van der Waals surface area (Å²) < 4.78 is 11.1. The van der Waals surface area contributed by atoms with Gasteiger partial charge in [-0.1, -0.05) is 118 Å². The Labute approximate surface area is 274 Å². The molecule has 0 aliphatic carbocycles. The molecule has 0 saturated heterocycles. The van der Waals surface area contributed by atoms with Crippen LogP contribution in [0.2, 0.25) is 0 Å². The van der Waals surface area contributed by atoms with E-state index in [2.05, 4.69) is 51.6 Å². The van der Waals surface area contributed by atoms with Crippen LogP contribution in [0, 0.1) is 11.8 Å². The van der Waals surface area contributed by atoms with Crippen molar-refractivity contribution < 1.29 is 19.1 Å². The van der Waals surface area contributed by atoms with E-state index in [9.17, 15) is 9.59 Å². The van der Waals surface area contributed by atoms with Gasteiger partial charge >= 0.3 is 11.9 Å². The zero-order valence-corrected chi connectivity index (χ0v) is 30.5. The summed E-state index contributed by atoms with van der Waals surface area (Å²) in [7, 11) is 4.34. The molecule has 262 valence electrons. The second-order valence-corrected chi connectivity index (χ2v) is 13.4. The monoisotopic (exact) mass is 625 g/mol. The van der Waals surface area contributed by atoms with Gasteiger partial charge < -0.3 is 19.3 Å². The molecular weight excluding hydrogens is 548 g/mol. The molecule has 0 saturated carbocycles. The van der Waals surface area contributed by atoms with E-state index in [-0.39, 0.29) is 23.8 Å². The Morgan fingerprint density at radius 3 is 1.18 bits per heavy atom. The van der Waals surface area contributed by atoms with E-state index in [1.807, 2.05) is 0 Å². The Kier molecular flexibility index (Phi) is 31.0. The van der Waals surface area contributed by atoms with Crippen molar-refractivity contribution >= 4 is 11.9 Å². The van der Waals surface area contributed by atoms with Crippen molar-refractivity contribution in [1.82, 2.24) is 9.80 Å². The van der Waals surface area contributed by atoms with Crippen molar-refractivity contribution in [3.8, 4) is 0 Å². The number of ether oxygens (including phenoxy) is 2. The number of hydrogen-bond acceptors (Lipinski definition) is 6. The van der Waals surface area contributed by atoms with E-state index >= 15 is 0 Å². The Morgan fingerprint density at radius 1 is 0.477 bits per heavy atom. The summed E-state index contributed by atoms with van der Waals surface area (Å²) in [6.07, 6.45) is 25.5. The molecule has 0 aromatic heterocycles. The summed E-state index contributed by atoms with van der Waals surface area (Å²) in [6.45, 7) is 14.5. The summed E-state index contributed by atoms with van der Waals surface area (Å²) in [5.74, 6) is 0.242. The lowest BCUT2D eigenvalue weighted by molar-refractivity contribution is -0.150. The van der Waals surface area contributed by atoms with Gasteiger partial charge in [-0.15, -0.1) is 0 Å². The average Bonchev–Trinajstić information content (AvgIpc) is 3.01. The third kappa shape index (κ3) is 26.1. The predicted molar refractivity (Wildman–Crippen MR) is 188 cm³/mol. The maximum atomic E-state index is 12.2. The third-order valence-corrected chi connectivity index (χ3v) is 9.05. The minimum Gasteiger partial charge on any atom is -0.465 e. The van der Waals surface area contributed by atoms with E-state index in [4.69, 9.17) is 9.47 Å². The maximum absolute atomic E-state index is 12.2. The Balaban J connectivity index is 3.84. The number of carbonyl (C=O) groups excluding carboxylic acids is 2. The largest absolute Gasteiger partial charge is 0.465 e. The van der Waals surface area contributed by atoms with Gasteiger partial charge in [0.1, 0.15) is 0 Å². The number of esters is 2. The van der Waals surface area contributed by atoms with Crippen LogP contribution in [0.25, 0.3) is 0 Å². The summed E-state index contributed by atoms with van der Waals surface area (Å²) in [4.78, 5) is 29.4. The standard InChI is InChI=1S/C38H76N2O4/c1-7-11-27-35(9-3)37(41)43-33-25-21-17-13-15-19-23-29-40(32-31-39(5)6)30-24-20-16-14-18-22-26-34-44-38(42)36(10-4)28-12-8-2/h35-36H,7-34H2,1-6H3. The molecule has 0 aromatic carbocycles. The first-order valence-corrected chi connectivity index (χ1v) is 19.1. The molecule has 2 unspecified atom stereocenters. The molecule has 44 heavy (non-hydrogen) atoms. The van der Waals surface area contributed by atoms with Gasteiger partial charge in [-0.2, -0.15) is 0 Å². The van der Waals surface area contributed by atoms with E-state index in [1.54, 1.807) is 0 Å². The molecule has 0 heterocycles. The summed E-state index contributed by atoms with van der Waals surface area (Å²) in [5, 5.41) is 0. The smallest absolute Gasteiger partial charge is 0.308 e. The van der Waals surface area contributed by atoms with Crippen LogP contribution in [0.3, 0.4) is 0 Å². The van der Waals surface area contributed by atoms with Gasteiger partial charge in [0.2, 0.25) is 0 Å². The van der Waals surface area contributed by atoms with E-state index in [1.165, 1.54) is 96.7 Å². The van der Waals surface area contributed by atoms with Crippen molar-refractivity contribution in [3.63, 3.8) is 0 Å². The Hall–Kier alpha value is -1.14. The maximum Gasteiger partial charge on any atom is 0.308 e. The fourth-order valence-corrected chi connectivity index (χ4v) is 5.78. The van der Waals surface area contributed by atoms with Gasteiger partial charge in [0.05, 0.1) is 25.0 Å². The number of nitrogens with zero attached hydrogens (tertiary/aromatic N) is 2. The molecule has 0 bridgehead atoms. The van der Waals surface area contributed by atoms with Crippen molar-refractivity contribution in [2.24, 2.45) is 11.8 Å². The number of likely N-dealkylation sites (N-methyl/N-ethyl adjacent to an activating group) is 1. The first kappa shape index (κ1) is 42.9. The molecule has 0 spiro atoms.